The van der Waals surface area contributed by atoms with Gasteiger partial charge in [-0.2, -0.15) is 5.10 Å². The first-order valence-electron chi connectivity index (χ1n) is 7.19. The first kappa shape index (κ1) is 17.7. The van der Waals surface area contributed by atoms with Crippen molar-refractivity contribution in [3.63, 3.8) is 0 Å². The van der Waals surface area contributed by atoms with Gasteiger partial charge in [-0.1, -0.05) is 28.1 Å². The van der Waals surface area contributed by atoms with Gasteiger partial charge >= 0.3 is 0 Å². The number of phenolic OH excluding ortho intramolecular Hbond substituents is 1. The first-order valence-corrected chi connectivity index (χ1v) is 7.98. The number of halogens is 1. The molecule has 0 aliphatic carbocycles. The number of carbonyl (C=O) groups excluding carboxylic acids is 2. The standard InChI is InChI=1S/C17H16BrN3O3/c18-13-4-6-14(7-5-13)20-16(23)8-9-17(24)21-19-11-12-2-1-3-15(22)10-12/h1-7,10-11,22H,8-9H2,(H,20,23)(H,21,24). The van der Waals surface area contributed by atoms with E-state index in [2.05, 4.69) is 31.8 Å². The molecule has 0 bridgehead atoms. The lowest BCUT2D eigenvalue weighted by Gasteiger charge is -2.04. The SMILES string of the molecule is O=C(CCC(=O)Nc1ccc(Br)cc1)NN=Cc1cccc(O)c1. The van der Waals surface area contributed by atoms with Gasteiger partial charge in [0.05, 0.1) is 6.21 Å². The third-order valence-corrected chi connectivity index (χ3v) is 3.51. The van der Waals surface area contributed by atoms with E-state index >= 15 is 0 Å². The van der Waals surface area contributed by atoms with Crippen LogP contribution in [0.5, 0.6) is 5.75 Å². The fourth-order valence-electron chi connectivity index (χ4n) is 1.82. The number of hydrazone groups is 1. The highest BCUT2D eigenvalue weighted by molar-refractivity contribution is 9.10. The largest absolute Gasteiger partial charge is 0.508 e. The van der Waals surface area contributed by atoms with Crippen LogP contribution in [0.25, 0.3) is 0 Å². The number of amides is 2. The van der Waals surface area contributed by atoms with Crippen molar-refractivity contribution in [2.75, 3.05) is 5.32 Å². The van der Waals surface area contributed by atoms with E-state index in [1.165, 1.54) is 12.3 Å². The Hall–Kier alpha value is -2.67. The van der Waals surface area contributed by atoms with Gasteiger partial charge in [0.1, 0.15) is 5.75 Å². The molecule has 0 atom stereocenters. The molecule has 124 valence electrons. The zero-order valence-electron chi connectivity index (χ0n) is 12.7. The van der Waals surface area contributed by atoms with E-state index < -0.39 is 0 Å². The zero-order valence-corrected chi connectivity index (χ0v) is 14.3. The van der Waals surface area contributed by atoms with Crippen molar-refractivity contribution >= 4 is 39.6 Å². The molecule has 2 aromatic rings. The highest BCUT2D eigenvalue weighted by Crippen LogP contribution is 2.14. The maximum absolute atomic E-state index is 11.8. The van der Waals surface area contributed by atoms with Crippen LogP contribution in [-0.2, 0) is 9.59 Å². The van der Waals surface area contributed by atoms with Crippen LogP contribution in [0, 0.1) is 0 Å². The summed E-state index contributed by atoms with van der Waals surface area (Å²) in [4.78, 5) is 23.4. The van der Waals surface area contributed by atoms with E-state index in [1.54, 1.807) is 30.3 Å². The topological polar surface area (TPSA) is 90.8 Å². The van der Waals surface area contributed by atoms with Crippen molar-refractivity contribution in [2.45, 2.75) is 12.8 Å². The quantitative estimate of drug-likeness (QED) is 0.523. The second-order valence-corrected chi connectivity index (χ2v) is 5.86. The molecule has 0 aliphatic heterocycles. The van der Waals surface area contributed by atoms with Crippen LogP contribution in [0.1, 0.15) is 18.4 Å². The average Bonchev–Trinajstić information content (AvgIpc) is 2.55. The lowest BCUT2D eigenvalue weighted by atomic mass is 10.2. The predicted octanol–water partition coefficient (Wildman–Crippen LogP) is 3.02. The number of nitrogens with one attached hydrogen (secondary N) is 2. The summed E-state index contributed by atoms with van der Waals surface area (Å²) >= 11 is 3.31. The minimum Gasteiger partial charge on any atom is -0.508 e. The smallest absolute Gasteiger partial charge is 0.240 e. The van der Waals surface area contributed by atoms with Crippen LogP contribution in [0.15, 0.2) is 58.1 Å². The van der Waals surface area contributed by atoms with Crippen molar-refractivity contribution in [2.24, 2.45) is 5.10 Å². The average molecular weight is 390 g/mol. The van der Waals surface area contributed by atoms with Gasteiger partial charge in [-0.3, -0.25) is 9.59 Å². The summed E-state index contributed by atoms with van der Waals surface area (Å²) in [5.74, 6) is -0.489. The van der Waals surface area contributed by atoms with Crippen LogP contribution in [0.4, 0.5) is 5.69 Å². The Balaban J connectivity index is 1.72. The number of anilines is 1. The molecule has 0 radical (unpaired) electrons. The molecule has 0 aliphatic rings. The third-order valence-electron chi connectivity index (χ3n) is 2.98. The van der Waals surface area contributed by atoms with Crippen molar-refractivity contribution in [3.05, 3.63) is 58.6 Å². The minimum absolute atomic E-state index is 0.0275. The highest BCUT2D eigenvalue weighted by Gasteiger charge is 2.06. The Bertz CT molecular complexity index is 745. The summed E-state index contributed by atoms with van der Waals surface area (Å²) in [6.07, 6.45) is 1.50. The molecule has 0 saturated carbocycles. The Kier molecular flexibility index (Phi) is 6.51. The van der Waals surface area contributed by atoms with Crippen molar-refractivity contribution < 1.29 is 14.7 Å². The second kappa shape index (κ2) is 8.83. The molecule has 0 fully saturated rings. The van der Waals surface area contributed by atoms with Crippen molar-refractivity contribution in [3.8, 4) is 5.75 Å². The summed E-state index contributed by atoms with van der Waals surface area (Å²) in [6, 6.07) is 13.6. The number of rotatable bonds is 6. The number of phenols is 1. The van der Waals surface area contributed by atoms with E-state index in [1.807, 2.05) is 12.1 Å². The van der Waals surface area contributed by atoms with Gasteiger partial charge in [0.15, 0.2) is 0 Å². The van der Waals surface area contributed by atoms with E-state index in [4.69, 9.17) is 0 Å². The van der Waals surface area contributed by atoms with Crippen molar-refractivity contribution in [1.82, 2.24) is 5.43 Å². The molecule has 6 nitrogen and oxygen atoms in total. The number of hydrogen-bond acceptors (Lipinski definition) is 4. The molecule has 0 spiro atoms. The molecule has 24 heavy (non-hydrogen) atoms. The lowest BCUT2D eigenvalue weighted by Crippen LogP contribution is -2.20. The van der Waals surface area contributed by atoms with Crippen LogP contribution in [0.2, 0.25) is 0 Å². The van der Waals surface area contributed by atoms with E-state index in [-0.39, 0.29) is 30.4 Å². The molecule has 0 heterocycles. The maximum atomic E-state index is 11.8. The molecule has 3 N–H and O–H groups in total. The summed E-state index contributed by atoms with van der Waals surface area (Å²) < 4.78 is 0.921. The summed E-state index contributed by atoms with van der Waals surface area (Å²) in [5, 5.41) is 15.8. The normalized spacial score (nSPS) is 10.5. The zero-order chi connectivity index (χ0) is 17.4. The minimum atomic E-state index is -0.364. The number of benzene rings is 2. The monoisotopic (exact) mass is 389 g/mol. The van der Waals surface area contributed by atoms with Crippen LogP contribution in [0.3, 0.4) is 0 Å². The van der Waals surface area contributed by atoms with Gasteiger partial charge in [0, 0.05) is 23.0 Å². The molecule has 0 unspecified atom stereocenters. The molecule has 2 amide bonds. The highest BCUT2D eigenvalue weighted by atomic mass is 79.9. The van der Waals surface area contributed by atoms with E-state index in [0.29, 0.717) is 11.3 Å². The molecule has 2 rings (SSSR count). The molecule has 7 heteroatoms. The van der Waals surface area contributed by atoms with Gasteiger partial charge in [-0.15, -0.1) is 0 Å². The number of carbonyl (C=O) groups is 2. The Morgan fingerprint density at radius 3 is 2.50 bits per heavy atom. The summed E-state index contributed by atoms with van der Waals surface area (Å²) in [7, 11) is 0. The number of aromatic hydroxyl groups is 1. The fraction of sp³-hybridized carbons (Fsp3) is 0.118. The molecule has 2 aromatic carbocycles. The third kappa shape index (κ3) is 6.21. The Morgan fingerprint density at radius 1 is 1.08 bits per heavy atom. The van der Waals surface area contributed by atoms with Gasteiger partial charge in [-0.25, -0.2) is 5.43 Å². The van der Waals surface area contributed by atoms with Gasteiger partial charge < -0.3 is 10.4 Å². The maximum Gasteiger partial charge on any atom is 0.240 e. The van der Waals surface area contributed by atoms with Gasteiger partial charge in [-0.05, 0) is 42.0 Å². The molecule has 0 saturated heterocycles. The van der Waals surface area contributed by atoms with Crippen molar-refractivity contribution in [1.29, 1.82) is 0 Å². The molecular weight excluding hydrogens is 374 g/mol. The van der Waals surface area contributed by atoms with E-state index in [9.17, 15) is 14.7 Å². The van der Waals surface area contributed by atoms with E-state index in [0.717, 1.165) is 4.47 Å². The van der Waals surface area contributed by atoms with Crippen LogP contribution in [-0.4, -0.2) is 23.1 Å². The fourth-order valence-corrected chi connectivity index (χ4v) is 2.09. The van der Waals surface area contributed by atoms with Gasteiger partial charge in [0.2, 0.25) is 11.8 Å². The summed E-state index contributed by atoms with van der Waals surface area (Å²) in [5.41, 5.74) is 3.67. The molecular formula is C17H16BrN3O3. The lowest BCUT2D eigenvalue weighted by molar-refractivity contribution is -0.124. The second-order valence-electron chi connectivity index (χ2n) is 4.94. The molecule has 0 aromatic heterocycles. The van der Waals surface area contributed by atoms with Crippen LogP contribution < -0.4 is 10.7 Å². The number of nitrogens with zero attached hydrogens (tertiary/aromatic N) is 1. The van der Waals surface area contributed by atoms with Crippen LogP contribution >= 0.6 is 15.9 Å². The number of hydrogen-bond donors (Lipinski definition) is 3. The Morgan fingerprint density at radius 2 is 1.79 bits per heavy atom. The Labute approximate surface area is 147 Å². The van der Waals surface area contributed by atoms with Gasteiger partial charge in [0.25, 0.3) is 0 Å². The first-order chi connectivity index (χ1) is 11.5. The summed E-state index contributed by atoms with van der Waals surface area (Å²) in [6.45, 7) is 0. The predicted molar refractivity (Wildman–Crippen MR) is 95.8 cm³/mol.